The predicted octanol–water partition coefficient (Wildman–Crippen LogP) is 2.03. The summed E-state index contributed by atoms with van der Waals surface area (Å²) in [6.07, 6.45) is 4.35. The van der Waals surface area contributed by atoms with Crippen LogP contribution in [0, 0.1) is 0 Å². The van der Waals surface area contributed by atoms with Gasteiger partial charge in [0.25, 0.3) is 5.56 Å². The predicted molar refractivity (Wildman–Crippen MR) is 76.0 cm³/mol. The maximum Gasteiger partial charge on any atom is 0.262 e. The Hall–Kier alpha value is -1.49. The summed E-state index contributed by atoms with van der Waals surface area (Å²) in [5.74, 6) is 0. The first kappa shape index (κ1) is 12.5. The van der Waals surface area contributed by atoms with Gasteiger partial charge in [0.15, 0.2) is 0 Å². The topological polar surface area (TPSA) is 52.0 Å². The van der Waals surface area contributed by atoms with Crippen LogP contribution in [0.25, 0.3) is 10.9 Å². The van der Waals surface area contributed by atoms with Crippen LogP contribution < -0.4 is 5.56 Å². The fourth-order valence-electron chi connectivity index (χ4n) is 2.40. The van der Waals surface area contributed by atoms with Crippen molar-refractivity contribution in [3.8, 4) is 0 Å². The molecule has 1 aromatic heterocycles. The Bertz CT molecular complexity index is 732. The molecule has 1 aliphatic rings. The minimum absolute atomic E-state index is 0.0481. The number of nitrogens with zero attached hydrogens (tertiary/aromatic N) is 2. The summed E-state index contributed by atoms with van der Waals surface area (Å²) < 4.78 is 13.5. The molecule has 0 spiro atoms. The molecular formula is C14H16N2O2S. The van der Waals surface area contributed by atoms with Gasteiger partial charge in [-0.1, -0.05) is 19.1 Å². The fourth-order valence-corrected chi connectivity index (χ4v) is 3.13. The average Bonchev–Trinajstić information content (AvgIpc) is 3.22. The van der Waals surface area contributed by atoms with Crippen molar-refractivity contribution >= 4 is 21.7 Å². The second-order valence-corrected chi connectivity index (χ2v) is 6.20. The number of hydrogen-bond acceptors (Lipinski definition) is 3. The lowest BCUT2D eigenvalue weighted by atomic mass is 10.1. The van der Waals surface area contributed by atoms with Gasteiger partial charge in [-0.2, -0.15) is 0 Å². The highest BCUT2D eigenvalue weighted by molar-refractivity contribution is 7.84. The van der Waals surface area contributed by atoms with E-state index in [1.165, 1.54) is 0 Å². The second-order valence-electron chi connectivity index (χ2n) is 4.92. The highest BCUT2D eigenvalue weighted by atomic mass is 32.2. The molecule has 1 aliphatic carbocycles. The lowest BCUT2D eigenvalue weighted by Crippen LogP contribution is -2.25. The lowest BCUT2D eigenvalue weighted by molar-refractivity contribution is 0.598. The van der Waals surface area contributed by atoms with Gasteiger partial charge < -0.3 is 0 Å². The van der Waals surface area contributed by atoms with Gasteiger partial charge in [0.2, 0.25) is 5.16 Å². The molecular weight excluding hydrogens is 260 g/mol. The van der Waals surface area contributed by atoms with Gasteiger partial charge in [-0.3, -0.25) is 13.6 Å². The van der Waals surface area contributed by atoms with Crippen molar-refractivity contribution < 1.29 is 4.21 Å². The van der Waals surface area contributed by atoms with E-state index in [1.54, 1.807) is 10.8 Å². The Balaban J connectivity index is 2.42. The summed E-state index contributed by atoms with van der Waals surface area (Å²) in [4.78, 5) is 17.1. The number of benzene rings is 1. The summed E-state index contributed by atoms with van der Waals surface area (Å²) >= 11 is 0. The highest BCUT2D eigenvalue weighted by Crippen LogP contribution is 2.35. The Labute approximate surface area is 113 Å². The molecule has 0 bridgehead atoms. The molecule has 0 radical (unpaired) electrons. The Morgan fingerprint density at radius 2 is 2.16 bits per heavy atom. The van der Waals surface area contributed by atoms with Gasteiger partial charge in [0.05, 0.1) is 21.7 Å². The zero-order valence-corrected chi connectivity index (χ0v) is 11.9. The first-order valence-electron chi connectivity index (χ1n) is 6.51. The first-order chi connectivity index (χ1) is 9.13. The minimum Gasteiger partial charge on any atom is -0.282 e. The second kappa shape index (κ2) is 4.56. The molecule has 100 valence electrons. The number of aryl methyl sites for hydroxylation is 1. The third-order valence-electron chi connectivity index (χ3n) is 3.53. The van der Waals surface area contributed by atoms with E-state index in [-0.39, 0.29) is 11.6 Å². The quantitative estimate of drug-likeness (QED) is 0.806. The average molecular weight is 276 g/mol. The van der Waals surface area contributed by atoms with E-state index in [1.807, 2.05) is 25.1 Å². The molecule has 0 saturated heterocycles. The third kappa shape index (κ3) is 2.02. The standard InChI is InChI=1S/C14H16N2O2S/c1-3-9-5-4-6-11-12(9)15-14(19(2)18)16(13(11)17)10-7-8-10/h4-6,10H,3,7-8H2,1-2H3. The Morgan fingerprint density at radius 1 is 1.42 bits per heavy atom. The number of fused-ring (bicyclic) bond motifs is 1. The summed E-state index contributed by atoms with van der Waals surface area (Å²) in [7, 11) is -1.25. The van der Waals surface area contributed by atoms with Crippen LogP contribution in [0.2, 0.25) is 0 Å². The van der Waals surface area contributed by atoms with E-state index in [2.05, 4.69) is 4.98 Å². The van der Waals surface area contributed by atoms with Crippen molar-refractivity contribution in [1.82, 2.24) is 9.55 Å². The van der Waals surface area contributed by atoms with Crippen molar-refractivity contribution in [2.24, 2.45) is 0 Å². The van der Waals surface area contributed by atoms with Gasteiger partial charge in [-0.05, 0) is 30.9 Å². The molecule has 1 heterocycles. The van der Waals surface area contributed by atoms with Crippen LogP contribution in [0.15, 0.2) is 28.2 Å². The van der Waals surface area contributed by atoms with Crippen LogP contribution in [0.3, 0.4) is 0 Å². The normalized spacial score (nSPS) is 16.7. The van der Waals surface area contributed by atoms with Crippen molar-refractivity contribution in [2.45, 2.75) is 37.4 Å². The third-order valence-corrected chi connectivity index (χ3v) is 4.33. The molecule has 19 heavy (non-hydrogen) atoms. The summed E-state index contributed by atoms with van der Waals surface area (Å²) in [5, 5.41) is 1.06. The molecule has 5 heteroatoms. The summed E-state index contributed by atoms with van der Waals surface area (Å²) in [6, 6.07) is 5.86. The number of aromatic nitrogens is 2. The van der Waals surface area contributed by atoms with E-state index < -0.39 is 10.8 Å². The van der Waals surface area contributed by atoms with Gasteiger partial charge in [0, 0.05) is 12.3 Å². The Kier molecular flexibility index (Phi) is 3.01. The molecule has 1 aromatic carbocycles. The molecule has 0 aliphatic heterocycles. The van der Waals surface area contributed by atoms with Crippen LogP contribution in [0.5, 0.6) is 0 Å². The molecule has 1 saturated carbocycles. The fraction of sp³-hybridized carbons (Fsp3) is 0.429. The van der Waals surface area contributed by atoms with Crippen molar-refractivity contribution in [3.63, 3.8) is 0 Å². The monoisotopic (exact) mass is 276 g/mol. The number of rotatable bonds is 3. The molecule has 4 nitrogen and oxygen atoms in total. The number of para-hydroxylation sites is 1. The van der Waals surface area contributed by atoms with Gasteiger partial charge >= 0.3 is 0 Å². The molecule has 3 rings (SSSR count). The highest BCUT2D eigenvalue weighted by Gasteiger charge is 2.29. The first-order valence-corrected chi connectivity index (χ1v) is 8.07. The van der Waals surface area contributed by atoms with Gasteiger partial charge in [0.1, 0.15) is 0 Å². The van der Waals surface area contributed by atoms with Crippen molar-refractivity contribution in [3.05, 3.63) is 34.1 Å². The molecule has 2 aromatic rings. The van der Waals surface area contributed by atoms with E-state index in [9.17, 15) is 9.00 Å². The molecule has 0 N–H and O–H groups in total. The van der Waals surface area contributed by atoms with Crippen molar-refractivity contribution in [1.29, 1.82) is 0 Å². The van der Waals surface area contributed by atoms with Crippen LogP contribution in [0.1, 0.15) is 31.4 Å². The van der Waals surface area contributed by atoms with E-state index >= 15 is 0 Å². The lowest BCUT2D eigenvalue weighted by Gasteiger charge is -2.12. The molecule has 1 unspecified atom stereocenters. The smallest absolute Gasteiger partial charge is 0.262 e. The minimum atomic E-state index is -1.25. The zero-order chi connectivity index (χ0) is 13.6. The number of hydrogen-bond donors (Lipinski definition) is 0. The van der Waals surface area contributed by atoms with Crippen LogP contribution in [0.4, 0.5) is 0 Å². The van der Waals surface area contributed by atoms with Crippen LogP contribution in [-0.2, 0) is 17.2 Å². The van der Waals surface area contributed by atoms with Crippen LogP contribution in [-0.4, -0.2) is 20.0 Å². The van der Waals surface area contributed by atoms with Crippen LogP contribution >= 0.6 is 0 Å². The van der Waals surface area contributed by atoms with E-state index in [0.717, 1.165) is 24.8 Å². The largest absolute Gasteiger partial charge is 0.282 e. The van der Waals surface area contributed by atoms with Gasteiger partial charge in [-0.25, -0.2) is 4.98 Å². The zero-order valence-electron chi connectivity index (χ0n) is 11.0. The molecule has 0 amide bonds. The molecule has 1 fully saturated rings. The van der Waals surface area contributed by atoms with E-state index in [4.69, 9.17) is 0 Å². The summed E-state index contributed by atoms with van der Waals surface area (Å²) in [6.45, 7) is 2.03. The Morgan fingerprint density at radius 3 is 2.74 bits per heavy atom. The SMILES string of the molecule is CCc1cccc2c(=O)n(C3CC3)c(S(C)=O)nc12. The van der Waals surface area contributed by atoms with Crippen molar-refractivity contribution in [2.75, 3.05) is 6.26 Å². The van der Waals surface area contributed by atoms with E-state index in [0.29, 0.717) is 16.1 Å². The molecule has 1 atom stereocenters. The maximum atomic E-state index is 12.6. The van der Waals surface area contributed by atoms with Gasteiger partial charge in [-0.15, -0.1) is 0 Å². The maximum absolute atomic E-state index is 12.6. The summed E-state index contributed by atoms with van der Waals surface area (Å²) in [5.41, 5.74) is 1.69.